The molecule has 0 unspecified atom stereocenters. The normalized spacial score (nSPS) is 15.1. The predicted molar refractivity (Wildman–Crippen MR) is 68.6 cm³/mol. The molecule has 0 amide bonds. The number of rotatable bonds is 1. The van der Waals surface area contributed by atoms with Gasteiger partial charge in [-0.2, -0.15) is 0 Å². The molecule has 1 aromatic heterocycles. The third-order valence-corrected chi connectivity index (χ3v) is 2.36. The lowest BCUT2D eigenvalue weighted by Crippen LogP contribution is -2.43. The van der Waals surface area contributed by atoms with Crippen molar-refractivity contribution in [3.8, 4) is 0 Å². The molecule has 0 saturated carbocycles. The minimum Gasteiger partial charge on any atom is -0.369 e. The number of nitrogens with one attached hydrogen (secondary N) is 1. The molecule has 0 radical (unpaired) electrons. The maximum absolute atomic E-state index is 4.19. The molecule has 0 spiro atoms. The molecular formula is C10H17Cl2N3. The van der Waals surface area contributed by atoms with E-state index in [0.717, 1.165) is 31.9 Å². The summed E-state index contributed by atoms with van der Waals surface area (Å²) < 4.78 is 0. The van der Waals surface area contributed by atoms with E-state index < -0.39 is 0 Å². The van der Waals surface area contributed by atoms with Crippen molar-refractivity contribution in [1.29, 1.82) is 0 Å². The highest BCUT2D eigenvalue weighted by atomic mass is 35.5. The summed E-state index contributed by atoms with van der Waals surface area (Å²) in [5.74, 6) is 0. The quantitative estimate of drug-likeness (QED) is 0.821. The highest BCUT2D eigenvalue weighted by Crippen LogP contribution is 2.14. The first-order valence-corrected chi connectivity index (χ1v) is 4.74. The third kappa shape index (κ3) is 3.86. The Kier molecular flexibility index (Phi) is 6.65. The SMILES string of the molecule is Cc1cc(N2CCNCC2)ccn1.Cl.Cl. The highest BCUT2D eigenvalue weighted by molar-refractivity contribution is 5.85. The first kappa shape index (κ1) is 14.5. The number of aromatic nitrogens is 1. The number of anilines is 1. The molecule has 2 rings (SSSR count). The van der Waals surface area contributed by atoms with E-state index >= 15 is 0 Å². The van der Waals surface area contributed by atoms with Crippen molar-refractivity contribution in [2.45, 2.75) is 6.92 Å². The van der Waals surface area contributed by atoms with E-state index in [4.69, 9.17) is 0 Å². The van der Waals surface area contributed by atoms with E-state index in [1.54, 1.807) is 0 Å². The molecule has 1 fully saturated rings. The van der Waals surface area contributed by atoms with Gasteiger partial charge in [-0.1, -0.05) is 0 Å². The van der Waals surface area contributed by atoms with Gasteiger partial charge in [-0.05, 0) is 19.1 Å². The van der Waals surface area contributed by atoms with Crippen molar-refractivity contribution in [1.82, 2.24) is 10.3 Å². The zero-order chi connectivity index (χ0) is 9.10. The maximum Gasteiger partial charge on any atom is 0.0400 e. The van der Waals surface area contributed by atoms with Crippen LogP contribution in [0.3, 0.4) is 0 Å². The zero-order valence-electron chi connectivity index (χ0n) is 8.77. The van der Waals surface area contributed by atoms with Crippen LogP contribution >= 0.6 is 24.8 Å². The summed E-state index contributed by atoms with van der Waals surface area (Å²) in [6.07, 6.45) is 1.88. The number of hydrogen-bond acceptors (Lipinski definition) is 3. The van der Waals surface area contributed by atoms with Gasteiger partial charge in [0.2, 0.25) is 0 Å². The van der Waals surface area contributed by atoms with Gasteiger partial charge in [0.05, 0.1) is 0 Å². The van der Waals surface area contributed by atoms with Crippen LogP contribution < -0.4 is 10.2 Å². The van der Waals surface area contributed by atoms with E-state index in [2.05, 4.69) is 27.3 Å². The van der Waals surface area contributed by atoms with Crippen LogP contribution in [-0.2, 0) is 0 Å². The summed E-state index contributed by atoms with van der Waals surface area (Å²) >= 11 is 0. The van der Waals surface area contributed by atoms with E-state index in [0.29, 0.717) is 0 Å². The van der Waals surface area contributed by atoms with Crippen LogP contribution in [0.25, 0.3) is 0 Å². The summed E-state index contributed by atoms with van der Waals surface area (Å²) in [6, 6.07) is 4.23. The number of hydrogen-bond donors (Lipinski definition) is 1. The van der Waals surface area contributed by atoms with E-state index in [1.165, 1.54) is 5.69 Å². The van der Waals surface area contributed by atoms with Crippen molar-refractivity contribution >= 4 is 30.5 Å². The Hall–Kier alpha value is -0.510. The highest BCUT2D eigenvalue weighted by Gasteiger charge is 2.09. The minimum atomic E-state index is 0. The van der Waals surface area contributed by atoms with Crippen molar-refractivity contribution in [2.75, 3.05) is 31.1 Å². The molecule has 2 heterocycles. The fraction of sp³-hybridized carbons (Fsp3) is 0.500. The van der Waals surface area contributed by atoms with Gasteiger partial charge in [0.15, 0.2) is 0 Å². The van der Waals surface area contributed by atoms with Gasteiger partial charge in [-0.25, -0.2) is 0 Å². The summed E-state index contributed by atoms with van der Waals surface area (Å²) in [4.78, 5) is 6.59. The molecule has 1 saturated heterocycles. The van der Waals surface area contributed by atoms with Gasteiger partial charge in [0.25, 0.3) is 0 Å². The lowest BCUT2D eigenvalue weighted by atomic mass is 10.2. The summed E-state index contributed by atoms with van der Waals surface area (Å²) in [5, 5.41) is 3.34. The van der Waals surface area contributed by atoms with Gasteiger partial charge in [-0.15, -0.1) is 24.8 Å². The van der Waals surface area contributed by atoms with Crippen molar-refractivity contribution in [3.05, 3.63) is 24.0 Å². The average molecular weight is 250 g/mol. The second-order valence-corrected chi connectivity index (χ2v) is 3.39. The number of halogens is 2. The Morgan fingerprint density at radius 1 is 1.27 bits per heavy atom. The Morgan fingerprint density at radius 3 is 2.53 bits per heavy atom. The Balaban J connectivity index is 0.000000980. The smallest absolute Gasteiger partial charge is 0.0400 e. The molecular weight excluding hydrogens is 233 g/mol. The molecule has 1 aromatic rings. The maximum atomic E-state index is 4.19. The largest absolute Gasteiger partial charge is 0.369 e. The lowest BCUT2D eigenvalue weighted by Gasteiger charge is -2.29. The first-order chi connectivity index (χ1) is 6.36. The summed E-state index contributed by atoms with van der Waals surface area (Å²) in [6.45, 7) is 6.40. The molecule has 0 aromatic carbocycles. The fourth-order valence-electron chi connectivity index (χ4n) is 1.65. The standard InChI is InChI=1S/C10H15N3.2ClH/c1-9-8-10(2-3-12-9)13-6-4-11-5-7-13;;/h2-3,8,11H,4-7H2,1H3;2*1H. The molecule has 1 N–H and O–H groups in total. The second-order valence-electron chi connectivity index (χ2n) is 3.39. The molecule has 5 heteroatoms. The lowest BCUT2D eigenvalue weighted by molar-refractivity contribution is 0.589. The fourth-order valence-corrected chi connectivity index (χ4v) is 1.65. The van der Waals surface area contributed by atoms with Gasteiger partial charge < -0.3 is 10.2 Å². The van der Waals surface area contributed by atoms with Gasteiger partial charge in [-0.3, -0.25) is 4.98 Å². The number of pyridine rings is 1. The summed E-state index contributed by atoms with van der Waals surface area (Å²) in [7, 11) is 0. The number of nitrogens with zero attached hydrogens (tertiary/aromatic N) is 2. The molecule has 1 aliphatic heterocycles. The zero-order valence-corrected chi connectivity index (χ0v) is 10.4. The number of aryl methyl sites for hydroxylation is 1. The molecule has 0 aliphatic carbocycles. The molecule has 86 valence electrons. The van der Waals surface area contributed by atoms with E-state index in [-0.39, 0.29) is 24.8 Å². The molecule has 15 heavy (non-hydrogen) atoms. The van der Waals surface area contributed by atoms with Crippen LogP contribution in [0, 0.1) is 6.92 Å². The molecule has 1 aliphatic rings. The minimum absolute atomic E-state index is 0. The van der Waals surface area contributed by atoms with Crippen molar-refractivity contribution in [3.63, 3.8) is 0 Å². The van der Waals surface area contributed by atoms with E-state index in [9.17, 15) is 0 Å². The van der Waals surface area contributed by atoms with E-state index in [1.807, 2.05) is 13.1 Å². The van der Waals surface area contributed by atoms with Crippen LogP contribution in [0.4, 0.5) is 5.69 Å². The third-order valence-electron chi connectivity index (χ3n) is 2.36. The number of piperazine rings is 1. The van der Waals surface area contributed by atoms with Crippen molar-refractivity contribution < 1.29 is 0 Å². The second kappa shape index (κ2) is 6.88. The van der Waals surface area contributed by atoms with Crippen molar-refractivity contribution in [2.24, 2.45) is 0 Å². The van der Waals surface area contributed by atoms with Gasteiger partial charge in [0, 0.05) is 43.8 Å². The predicted octanol–water partition coefficient (Wildman–Crippen LogP) is 1.64. The van der Waals surface area contributed by atoms with Crippen LogP contribution in [-0.4, -0.2) is 31.2 Å². The molecule has 0 atom stereocenters. The Labute approximate surface area is 103 Å². The van der Waals surface area contributed by atoms with Crippen LogP contribution in [0.1, 0.15) is 5.69 Å². The van der Waals surface area contributed by atoms with Gasteiger partial charge in [0.1, 0.15) is 0 Å². The van der Waals surface area contributed by atoms with Gasteiger partial charge >= 0.3 is 0 Å². The average Bonchev–Trinajstić information content (AvgIpc) is 2.19. The van der Waals surface area contributed by atoms with Crippen LogP contribution in [0.2, 0.25) is 0 Å². The van der Waals surface area contributed by atoms with Crippen LogP contribution in [0.15, 0.2) is 18.3 Å². The van der Waals surface area contributed by atoms with Crippen LogP contribution in [0.5, 0.6) is 0 Å². The topological polar surface area (TPSA) is 28.2 Å². The monoisotopic (exact) mass is 249 g/mol. The molecule has 3 nitrogen and oxygen atoms in total. The first-order valence-electron chi connectivity index (χ1n) is 4.74. The Bertz CT molecular complexity index is 288. The summed E-state index contributed by atoms with van der Waals surface area (Å²) in [5.41, 5.74) is 2.39. The Morgan fingerprint density at radius 2 is 1.93 bits per heavy atom. The molecule has 0 bridgehead atoms.